The van der Waals surface area contributed by atoms with Gasteiger partial charge in [-0.3, -0.25) is 4.79 Å². The van der Waals surface area contributed by atoms with E-state index in [1.807, 2.05) is 0 Å². The van der Waals surface area contributed by atoms with Gasteiger partial charge in [0.2, 0.25) is 5.91 Å². The molecule has 0 spiro atoms. The summed E-state index contributed by atoms with van der Waals surface area (Å²) in [5, 5.41) is 12.8. The van der Waals surface area contributed by atoms with E-state index in [9.17, 15) is 9.90 Å². The molecule has 0 heterocycles. The molecule has 0 saturated heterocycles. The Labute approximate surface area is 127 Å². The number of aliphatic hydroxyl groups is 1. The number of aliphatic hydroxyl groups excluding tert-OH is 1. The Bertz CT molecular complexity index is 376. The van der Waals surface area contributed by atoms with Crippen LogP contribution in [-0.2, 0) is 4.79 Å². The molecule has 118 valence electrons. The second-order valence-corrected chi connectivity index (χ2v) is 8.67. The zero-order valence-electron chi connectivity index (χ0n) is 13.0. The first-order valence-electron chi connectivity index (χ1n) is 9.08. The minimum absolute atomic E-state index is 0.138. The van der Waals surface area contributed by atoms with Crippen molar-refractivity contribution in [1.29, 1.82) is 0 Å². The highest BCUT2D eigenvalue weighted by atomic mass is 16.3. The smallest absolute Gasteiger partial charge is 0.220 e. The molecular weight excluding hydrogens is 262 g/mol. The lowest BCUT2D eigenvalue weighted by molar-refractivity contribution is -0.130. The third-order valence-corrected chi connectivity index (χ3v) is 6.76. The van der Waals surface area contributed by atoms with Crippen LogP contribution in [0.2, 0.25) is 0 Å². The summed E-state index contributed by atoms with van der Waals surface area (Å²) in [6.45, 7) is 0. The summed E-state index contributed by atoms with van der Waals surface area (Å²) < 4.78 is 0. The van der Waals surface area contributed by atoms with Gasteiger partial charge in [0, 0.05) is 12.5 Å². The van der Waals surface area contributed by atoms with Crippen molar-refractivity contribution in [2.24, 2.45) is 23.2 Å². The van der Waals surface area contributed by atoms with E-state index in [-0.39, 0.29) is 6.10 Å². The van der Waals surface area contributed by atoms with Crippen LogP contribution in [-0.4, -0.2) is 23.2 Å². The van der Waals surface area contributed by atoms with Crippen molar-refractivity contribution in [2.45, 2.75) is 82.8 Å². The number of hydrogen-bond donors (Lipinski definition) is 2. The molecule has 21 heavy (non-hydrogen) atoms. The zero-order chi connectivity index (χ0) is 14.4. The SMILES string of the molecule is O=C(CC12CC3CC(CC(C3)C1)C2)N[C@H]1CC[C@H](O)CC1. The van der Waals surface area contributed by atoms with Crippen molar-refractivity contribution in [2.75, 3.05) is 0 Å². The van der Waals surface area contributed by atoms with Crippen molar-refractivity contribution in [3.63, 3.8) is 0 Å². The van der Waals surface area contributed by atoms with Gasteiger partial charge in [-0.2, -0.15) is 0 Å². The van der Waals surface area contributed by atoms with Gasteiger partial charge in [-0.15, -0.1) is 0 Å². The Balaban J connectivity index is 1.34. The Kier molecular flexibility index (Phi) is 3.52. The van der Waals surface area contributed by atoms with E-state index in [1.165, 1.54) is 38.5 Å². The molecule has 0 unspecified atom stereocenters. The first-order valence-corrected chi connectivity index (χ1v) is 9.08. The molecule has 0 aromatic heterocycles. The van der Waals surface area contributed by atoms with Gasteiger partial charge in [0.1, 0.15) is 0 Å². The molecule has 0 aliphatic heterocycles. The Morgan fingerprint density at radius 3 is 2.00 bits per heavy atom. The second-order valence-electron chi connectivity index (χ2n) is 8.67. The zero-order valence-corrected chi connectivity index (χ0v) is 13.0. The molecule has 3 heteroatoms. The molecule has 5 fully saturated rings. The second kappa shape index (κ2) is 5.26. The molecule has 5 aliphatic carbocycles. The molecular formula is C18H29NO2. The van der Waals surface area contributed by atoms with Crippen molar-refractivity contribution >= 4 is 5.91 Å². The molecule has 4 bridgehead atoms. The van der Waals surface area contributed by atoms with Crippen LogP contribution in [0, 0.1) is 23.2 Å². The molecule has 3 nitrogen and oxygen atoms in total. The van der Waals surface area contributed by atoms with Crippen molar-refractivity contribution in [3.8, 4) is 0 Å². The molecule has 0 aromatic carbocycles. The third-order valence-electron chi connectivity index (χ3n) is 6.76. The standard InChI is InChI=1S/C18H29NO2/c20-16-3-1-15(2-4-16)19-17(21)11-18-8-12-5-13(9-18)7-14(6-12)10-18/h12-16,20H,1-11H2,(H,19,21)/t12?,13?,14?,15-,16-,18?. The van der Waals surface area contributed by atoms with E-state index in [4.69, 9.17) is 0 Å². The molecule has 0 radical (unpaired) electrons. The molecule has 0 aromatic rings. The maximum absolute atomic E-state index is 12.5. The predicted molar refractivity (Wildman–Crippen MR) is 81.6 cm³/mol. The fraction of sp³-hybridized carbons (Fsp3) is 0.944. The molecule has 2 N–H and O–H groups in total. The lowest BCUT2D eigenvalue weighted by Gasteiger charge is -2.56. The number of carbonyl (C=O) groups excluding carboxylic acids is 1. The first kappa shape index (κ1) is 14.0. The molecule has 1 amide bonds. The van der Waals surface area contributed by atoms with Crippen molar-refractivity contribution in [3.05, 3.63) is 0 Å². The van der Waals surface area contributed by atoms with Gasteiger partial charge in [-0.05, 0) is 87.4 Å². The summed E-state index contributed by atoms with van der Waals surface area (Å²) >= 11 is 0. The molecule has 0 atom stereocenters. The number of rotatable bonds is 3. The lowest BCUT2D eigenvalue weighted by atomic mass is 9.49. The van der Waals surface area contributed by atoms with E-state index in [0.29, 0.717) is 17.4 Å². The van der Waals surface area contributed by atoms with E-state index in [1.54, 1.807) is 0 Å². The van der Waals surface area contributed by atoms with Gasteiger partial charge < -0.3 is 10.4 Å². The number of carbonyl (C=O) groups is 1. The summed E-state index contributed by atoms with van der Waals surface area (Å²) in [4.78, 5) is 12.5. The highest BCUT2D eigenvalue weighted by Crippen LogP contribution is 2.61. The minimum atomic E-state index is -0.138. The molecule has 5 aliphatic rings. The van der Waals surface area contributed by atoms with Crippen molar-refractivity contribution in [1.82, 2.24) is 5.32 Å². The Hall–Kier alpha value is -0.570. The topological polar surface area (TPSA) is 49.3 Å². The summed E-state index contributed by atoms with van der Waals surface area (Å²) in [7, 11) is 0. The van der Waals surface area contributed by atoms with E-state index >= 15 is 0 Å². The van der Waals surface area contributed by atoms with Gasteiger partial charge in [-0.1, -0.05) is 0 Å². The number of amides is 1. The minimum Gasteiger partial charge on any atom is -0.393 e. The van der Waals surface area contributed by atoms with E-state index in [0.717, 1.165) is 49.9 Å². The van der Waals surface area contributed by atoms with Crippen molar-refractivity contribution < 1.29 is 9.90 Å². The summed E-state index contributed by atoms with van der Waals surface area (Å²) in [5.41, 5.74) is 0.354. The van der Waals surface area contributed by atoms with E-state index < -0.39 is 0 Å². The van der Waals surface area contributed by atoms with Crippen LogP contribution >= 0.6 is 0 Å². The van der Waals surface area contributed by atoms with Gasteiger partial charge in [0.25, 0.3) is 0 Å². The van der Waals surface area contributed by atoms with Crippen LogP contribution in [0.3, 0.4) is 0 Å². The maximum Gasteiger partial charge on any atom is 0.220 e. The lowest BCUT2D eigenvalue weighted by Crippen LogP contribution is -2.49. The summed E-state index contributed by atoms with van der Waals surface area (Å²) in [6, 6.07) is 0.315. The van der Waals surface area contributed by atoms with Crippen LogP contribution in [0.5, 0.6) is 0 Å². The maximum atomic E-state index is 12.5. The quantitative estimate of drug-likeness (QED) is 0.840. The van der Waals surface area contributed by atoms with Crippen LogP contribution in [0.1, 0.15) is 70.6 Å². The fourth-order valence-electron chi connectivity index (χ4n) is 6.35. The third kappa shape index (κ3) is 2.86. The van der Waals surface area contributed by atoms with Gasteiger partial charge in [0.05, 0.1) is 6.10 Å². The van der Waals surface area contributed by atoms with Crippen LogP contribution in [0.25, 0.3) is 0 Å². The normalized spacial score (nSPS) is 48.3. The number of nitrogens with one attached hydrogen (secondary N) is 1. The van der Waals surface area contributed by atoms with Gasteiger partial charge in [0.15, 0.2) is 0 Å². The number of hydrogen-bond acceptors (Lipinski definition) is 2. The summed E-state index contributed by atoms with van der Waals surface area (Å²) in [5.74, 6) is 3.06. The largest absolute Gasteiger partial charge is 0.393 e. The van der Waals surface area contributed by atoms with Gasteiger partial charge in [-0.25, -0.2) is 0 Å². The average Bonchev–Trinajstić information content (AvgIpc) is 2.39. The van der Waals surface area contributed by atoms with Crippen LogP contribution in [0.4, 0.5) is 0 Å². The average molecular weight is 291 g/mol. The van der Waals surface area contributed by atoms with Crippen LogP contribution in [0.15, 0.2) is 0 Å². The molecule has 5 rings (SSSR count). The highest BCUT2D eigenvalue weighted by molar-refractivity contribution is 5.77. The monoisotopic (exact) mass is 291 g/mol. The Morgan fingerprint density at radius 2 is 1.48 bits per heavy atom. The predicted octanol–water partition coefficient (Wildman–Crippen LogP) is 3.01. The summed E-state index contributed by atoms with van der Waals surface area (Å²) in [6.07, 6.45) is 12.5. The fourth-order valence-corrected chi connectivity index (χ4v) is 6.35. The molecule has 5 saturated carbocycles. The first-order chi connectivity index (χ1) is 10.1. The van der Waals surface area contributed by atoms with Gasteiger partial charge >= 0.3 is 0 Å². The van der Waals surface area contributed by atoms with Crippen LogP contribution < -0.4 is 5.32 Å². The van der Waals surface area contributed by atoms with E-state index in [2.05, 4.69) is 5.32 Å². The Morgan fingerprint density at radius 1 is 0.952 bits per heavy atom. The highest BCUT2D eigenvalue weighted by Gasteiger charge is 2.51.